The summed E-state index contributed by atoms with van der Waals surface area (Å²) < 4.78 is 19.4. The third-order valence-corrected chi connectivity index (χ3v) is 5.89. The van der Waals surface area contributed by atoms with E-state index in [1.54, 1.807) is 27.7 Å². The fourth-order valence-corrected chi connectivity index (χ4v) is 3.12. The average Bonchev–Trinajstić information content (AvgIpc) is 2.87. The second-order valence-corrected chi connectivity index (χ2v) is 11.9. The molecule has 47 heavy (non-hydrogen) atoms. The molecule has 0 aromatic rings. The van der Waals surface area contributed by atoms with Crippen molar-refractivity contribution in [3.8, 4) is 0 Å². The van der Waals surface area contributed by atoms with Gasteiger partial charge in [0.2, 0.25) is 12.6 Å². The van der Waals surface area contributed by atoms with Crippen LogP contribution in [0.1, 0.15) is 94.9 Å². The minimum atomic E-state index is -1.21. The minimum Gasteiger partial charge on any atom is -0.550 e. The molecule has 0 radical (unpaired) electrons. The van der Waals surface area contributed by atoms with E-state index in [2.05, 4.69) is 10.6 Å². The number of hydrogen-bond acceptors (Lipinski definition) is 12. The van der Waals surface area contributed by atoms with Crippen molar-refractivity contribution in [2.24, 2.45) is 35.5 Å². The van der Waals surface area contributed by atoms with Gasteiger partial charge < -0.3 is 60.3 Å². The molecule has 2 amide bonds. The largest absolute Gasteiger partial charge is 2.00 e. The summed E-state index contributed by atoms with van der Waals surface area (Å²) in [5, 5.41) is 26.7. The number of amides is 2. The maximum Gasteiger partial charge on any atom is 2.00 e. The summed E-state index contributed by atoms with van der Waals surface area (Å²) in [7, 11) is 0. The molecule has 17 heteroatoms. The monoisotopic (exact) mass is 708 g/mol. The van der Waals surface area contributed by atoms with Crippen molar-refractivity contribution in [1.29, 1.82) is 0 Å². The Balaban J connectivity index is -0.000000235. The predicted molar refractivity (Wildman–Crippen MR) is 168 cm³/mol. The van der Waals surface area contributed by atoms with Crippen LogP contribution < -0.4 is 20.8 Å². The summed E-state index contributed by atoms with van der Waals surface area (Å²) in [6.07, 6.45) is -1.47. The third kappa shape index (κ3) is 30.7. The molecule has 0 saturated carbocycles. The van der Waals surface area contributed by atoms with Gasteiger partial charge in [0.05, 0.1) is 11.8 Å². The minimum absolute atomic E-state index is 0. The molecular weight excluding hydrogens is 652 g/mol. The molecule has 2 unspecified atom stereocenters. The van der Waals surface area contributed by atoms with E-state index in [9.17, 15) is 39.0 Å². The van der Waals surface area contributed by atoms with Crippen LogP contribution in [0, 0.1) is 35.5 Å². The first-order valence-corrected chi connectivity index (χ1v) is 15.0. The van der Waals surface area contributed by atoms with E-state index < -0.39 is 60.5 Å². The molecule has 0 spiro atoms. The predicted octanol–water partition coefficient (Wildman–Crippen LogP) is 0.0900. The fourth-order valence-electron chi connectivity index (χ4n) is 3.12. The van der Waals surface area contributed by atoms with Crippen LogP contribution in [0.2, 0.25) is 0 Å². The number of hydrogen-bond donors (Lipinski definition) is 2. The molecule has 0 aliphatic heterocycles. The SMILES string of the molecule is CC(C)CCC(CNC(=O)O[C@H](C)OC(=O)C(C)C)C(=O)[O-].CC(C)CCC(CNC(=O)O[C@H](C)OC(=O)C(C)C)C(=O)[O-].O.O.[Ca+2]. The molecule has 0 bridgehead atoms. The van der Waals surface area contributed by atoms with Crippen molar-refractivity contribution in [3.63, 3.8) is 0 Å². The van der Waals surface area contributed by atoms with E-state index in [4.69, 9.17) is 18.9 Å². The average molecular weight is 709 g/mol. The Labute approximate surface area is 308 Å². The number of esters is 2. The summed E-state index contributed by atoms with van der Waals surface area (Å²) in [4.78, 5) is 67.7. The molecule has 6 N–H and O–H groups in total. The van der Waals surface area contributed by atoms with E-state index in [1.165, 1.54) is 13.8 Å². The van der Waals surface area contributed by atoms with Crippen LogP contribution in [0.25, 0.3) is 0 Å². The van der Waals surface area contributed by atoms with Gasteiger partial charge in [-0.3, -0.25) is 9.59 Å². The number of rotatable bonds is 18. The van der Waals surface area contributed by atoms with Crippen LogP contribution in [0.15, 0.2) is 0 Å². The zero-order valence-electron chi connectivity index (χ0n) is 29.5. The Morgan fingerprint density at radius 3 is 1.00 bits per heavy atom. The van der Waals surface area contributed by atoms with Crippen LogP contribution >= 0.6 is 0 Å². The van der Waals surface area contributed by atoms with Gasteiger partial charge in [0, 0.05) is 50.7 Å². The molecular formula is C30H56CaN2O14. The van der Waals surface area contributed by atoms with Gasteiger partial charge in [0.1, 0.15) is 0 Å². The quantitative estimate of drug-likeness (QED) is 0.109. The van der Waals surface area contributed by atoms with E-state index >= 15 is 0 Å². The van der Waals surface area contributed by atoms with Gasteiger partial charge in [0.25, 0.3) is 0 Å². The summed E-state index contributed by atoms with van der Waals surface area (Å²) in [5.41, 5.74) is 0. The summed E-state index contributed by atoms with van der Waals surface area (Å²) >= 11 is 0. The fraction of sp³-hybridized carbons (Fsp3) is 0.800. The third-order valence-electron chi connectivity index (χ3n) is 5.89. The first-order valence-electron chi connectivity index (χ1n) is 15.0. The van der Waals surface area contributed by atoms with Gasteiger partial charge in [-0.25, -0.2) is 9.59 Å². The Kier molecular flexibility index (Phi) is 34.2. The zero-order valence-corrected chi connectivity index (χ0v) is 31.7. The van der Waals surface area contributed by atoms with Crippen LogP contribution in [0.5, 0.6) is 0 Å². The second-order valence-electron chi connectivity index (χ2n) is 11.9. The topological polar surface area (TPSA) is 273 Å². The van der Waals surface area contributed by atoms with Gasteiger partial charge >= 0.3 is 61.9 Å². The zero-order chi connectivity index (χ0) is 34.6. The van der Waals surface area contributed by atoms with Crippen molar-refractivity contribution in [3.05, 3.63) is 0 Å². The summed E-state index contributed by atoms with van der Waals surface area (Å²) in [5.74, 6) is -4.85. The van der Waals surface area contributed by atoms with Gasteiger partial charge in [-0.05, 0) is 24.7 Å². The Morgan fingerprint density at radius 1 is 0.511 bits per heavy atom. The number of carboxylic acid groups (broad SMARTS) is 2. The van der Waals surface area contributed by atoms with Gasteiger partial charge in [-0.2, -0.15) is 0 Å². The molecule has 0 rings (SSSR count). The van der Waals surface area contributed by atoms with Crippen molar-refractivity contribution in [2.45, 2.75) is 108 Å². The Bertz CT molecular complexity index is 843. The maximum absolute atomic E-state index is 11.5. The van der Waals surface area contributed by atoms with Gasteiger partial charge in [0.15, 0.2) is 0 Å². The molecule has 0 aromatic heterocycles. The van der Waals surface area contributed by atoms with E-state index in [0.29, 0.717) is 24.7 Å². The summed E-state index contributed by atoms with van der Waals surface area (Å²) in [6, 6.07) is 0. The standard InChI is InChI=1S/2C15H27NO6.Ca.2H2O/c2*1-9(2)6-7-12(13(17)18)8-16-15(20)22-11(5)21-14(19)10(3)4;;;/h2*9-12H,6-8H2,1-5H3,(H,16,20)(H,17,18);;2*1H2/q;;+2;;/p-2/t2*11-,12?;;;/m11.../s1. The van der Waals surface area contributed by atoms with Crippen LogP contribution in [0.3, 0.4) is 0 Å². The Morgan fingerprint density at radius 2 is 0.787 bits per heavy atom. The molecule has 272 valence electrons. The van der Waals surface area contributed by atoms with Crippen LogP contribution in [0.4, 0.5) is 9.59 Å². The van der Waals surface area contributed by atoms with Gasteiger partial charge in [-0.15, -0.1) is 0 Å². The Hall–Kier alpha value is -2.40. The maximum atomic E-state index is 11.5. The normalized spacial score (nSPS) is 12.7. The number of carbonyl (C=O) groups is 6. The number of alkyl carbamates (subject to hydrolysis) is 2. The smallest absolute Gasteiger partial charge is 0.550 e. The molecule has 0 aromatic carbocycles. The van der Waals surface area contributed by atoms with Crippen LogP contribution in [-0.4, -0.2) is 110 Å². The first kappa shape index (κ1) is 54.1. The number of nitrogens with one attached hydrogen (secondary N) is 2. The molecule has 0 saturated heterocycles. The molecule has 0 aliphatic rings. The van der Waals surface area contributed by atoms with Crippen molar-refractivity contribution < 1.29 is 68.9 Å². The van der Waals surface area contributed by atoms with Crippen LogP contribution in [-0.2, 0) is 38.1 Å². The number of aliphatic carboxylic acids is 2. The first-order chi connectivity index (χ1) is 20.3. The molecule has 4 atom stereocenters. The van der Waals surface area contributed by atoms with E-state index in [-0.39, 0.29) is 73.6 Å². The van der Waals surface area contributed by atoms with Crippen molar-refractivity contribution >= 4 is 73.8 Å². The second kappa shape index (κ2) is 29.7. The van der Waals surface area contributed by atoms with Gasteiger partial charge in [-0.1, -0.05) is 68.2 Å². The number of carboxylic acids is 2. The van der Waals surface area contributed by atoms with Crippen molar-refractivity contribution in [1.82, 2.24) is 10.6 Å². The number of carbonyl (C=O) groups excluding carboxylic acids is 6. The molecule has 0 aliphatic carbocycles. The van der Waals surface area contributed by atoms with Crippen molar-refractivity contribution in [2.75, 3.05) is 13.1 Å². The van der Waals surface area contributed by atoms with E-state index in [1.807, 2.05) is 27.7 Å². The summed E-state index contributed by atoms with van der Waals surface area (Å²) in [6.45, 7) is 17.2. The molecule has 0 fully saturated rings. The van der Waals surface area contributed by atoms with E-state index in [0.717, 1.165) is 12.8 Å². The molecule has 16 nitrogen and oxygen atoms in total. The molecule has 0 heterocycles. The number of ether oxygens (including phenoxy) is 4.